The van der Waals surface area contributed by atoms with Crippen molar-refractivity contribution in [1.82, 2.24) is 10.0 Å². The topological polar surface area (TPSA) is 79.4 Å². The van der Waals surface area contributed by atoms with Gasteiger partial charge in [0.25, 0.3) is 0 Å². The molecule has 2 unspecified atom stereocenters. The average Bonchev–Trinajstić information content (AvgIpc) is 2.65. The van der Waals surface area contributed by atoms with Crippen LogP contribution in [0.2, 0.25) is 0 Å². The lowest BCUT2D eigenvalue weighted by molar-refractivity contribution is -0.0720. The van der Waals surface area contributed by atoms with Crippen LogP contribution in [0.15, 0.2) is 54.9 Å². The molecule has 3 N–H and O–H groups in total. The molecule has 0 aliphatic rings. The molecule has 25 heavy (non-hydrogen) atoms. The van der Waals surface area contributed by atoms with Gasteiger partial charge < -0.3 is 5.73 Å². The molecule has 2 aromatic rings. The summed E-state index contributed by atoms with van der Waals surface area (Å²) >= 11 is 0. The summed E-state index contributed by atoms with van der Waals surface area (Å²) < 4.78 is 0. The monoisotopic (exact) mass is 341 g/mol. The summed E-state index contributed by atoms with van der Waals surface area (Å²) in [4.78, 5) is 15.2. The summed E-state index contributed by atoms with van der Waals surface area (Å²) in [6, 6.07) is 13.6. The summed E-state index contributed by atoms with van der Waals surface area (Å²) in [7, 11) is 0. The second-order valence-corrected chi connectivity index (χ2v) is 6.42. The van der Waals surface area contributed by atoms with Crippen molar-refractivity contribution < 1.29 is 10.0 Å². The van der Waals surface area contributed by atoms with Gasteiger partial charge in [0, 0.05) is 18.3 Å². The molecule has 0 aliphatic carbocycles. The quantitative estimate of drug-likeness (QED) is 0.405. The van der Waals surface area contributed by atoms with Gasteiger partial charge in [0.1, 0.15) is 0 Å². The molecule has 2 amide bonds. The van der Waals surface area contributed by atoms with Crippen molar-refractivity contribution in [2.45, 2.75) is 51.0 Å². The van der Waals surface area contributed by atoms with Crippen molar-refractivity contribution in [3.8, 4) is 0 Å². The van der Waals surface area contributed by atoms with Crippen LogP contribution in [0.25, 0.3) is 0 Å². The second kappa shape index (κ2) is 9.79. The minimum Gasteiger partial charge on any atom is -0.350 e. The molecule has 2 rings (SSSR count). The third-order valence-corrected chi connectivity index (χ3v) is 4.55. The molecular formula is C20H27N3O2. The number of hydrogen-bond acceptors (Lipinski definition) is 3. The Morgan fingerprint density at radius 1 is 1.08 bits per heavy atom. The molecule has 0 bridgehead atoms. The summed E-state index contributed by atoms with van der Waals surface area (Å²) in [6.07, 6.45) is 8.58. The van der Waals surface area contributed by atoms with E-state index in [9.17, 15) is 10.0 Å². The summed E-state index contributed by atoms with van der Waals surface area (Å²) in [5.41, 5.74) is 7.61. The van der Waals surface area contributed by atoms with E-state index in [1.807, 2.05) is 18.3 Å². The Morgan fingerprint density at radius 3 is 2.40 bits per heavy atom. The predicted molar refractivity (Wildman–Crippen MR) is 98.3 cm³/mol. The first-order chi connectivity index (χ1) is 12.1. The van der Waals surface area contributed by atoms with Crippen LogP contribution in [0.1, 0.15) is 56.1 Å². The van der Waals surface area contributed by atoms with Gasteiger partial charge in [0.2, 0.25) is 0 Å². The fraction of sp³-hybridized carbons (Fsp3) is 0.400. The van der Waals surface area contributed by atoms with E-state index in [1.54, 1.807) is 13.1 Å². The Bertz CT molecular complexity index is 594. The van der Waals surface area contributed by atoms with Crippen LogP contribution in [0.5, 0.6) is 0 Å². The lowest BCUT2D eigenvalue weighted by atomic mass is 9.87. The highest BCUT2D eigenvalue weighted by atomic mass is 16.5. The van der Waals surface area contributed by atoms with E-state index in [0.29, 0.717) is 11.0 Å². The van der Waals surface area contributed by atoms with Crippen LogP contribution in [-0.4, -0.2) is 27.3 Å². The molecule has 1 aromatic carbocycles. The van der Waals surface area contributed by atoms with Crippen LogP contribution in [0, 0.1) is 0 Å². The number of urea groups is 1. The molecule has 5 heteroatoms. The van der Waals surface area contributed by atoms with Crippen molar-refractivity contribution in [3.63, 3.8) is 0 Å². The Labute approximate surface area is 149 Å². The number of aromatic nitrogens is 1. The number of carbonyl (C=O) groups excluding carboxylic acids is 1. The van der Waals surface area contributed by atoms with Crippen molar-refractivity contribution in [1.29, 1.82) is 0 Å². The highest BCUT2D eigenvalue weighted by Gasteiger charge is 2.16. The van der Waals surface area contributed by atoms with Gasteiger partial charge in [-0.3, -0.25) is 10.2 Å². The molecule has 0 fully saturated rings. The zero-order valence-electron chi connectivity index (χ0n) is 14.7. The smallest absolute Gasteiger partial charge is 0.338 e. The summed E-state index contributed by atoms with van der Waals surface area (Å²) in [5.74, 6) is 0.340. The van der Waals surface area contributed by atoms with Gasteiger partial charge in [-0.05, 0) is 37.0 Å². The number of carbonyl (C=O) groups is 1. The second-order valence-electron chi connectivity index (χ2n) is 6.42. The fourth-order valence-electron chi connectivity index (χ4n) is 3.10. The van der Waals surface area contributed by atoms with E-state index in [-0.39, 0.29) is 6.04 Å². The Balaban J connectivity index is 1.86. The van der Waals surface area contributed by atoms with E-state index in [0.717, 1.165) is 32.1 Å². The molecular weight excluding hydrogens is 314 g/mol. The third kappa shape index (κ3) is 5.87. The van der Waals surface area contributed by atoms with Gasteiger partial charge in [-0.2, -0.15) is 0 Å². The van der Waals surface area contributed by atoms with Crippen molar-refractivity contribution >= 4 is 6.03 Å². The number of hydroxylamine groups is 2. The highest BCUT2D eigenvalue weighted by molar-refractivity contribution is 5.70. The van der Waals surface area contributed by atoms with E-state index in [1.165, 1.54) is 11.1 Å². The molecule has 1 aromatic heterocycles. The van der Waals surface area contributed by atoms with Crippen LogP contribution >= 0.6 is 0 Å². The first-order valence-electron chi connectivity index (χ1n) is 8.82. The van der Waals surface area contributed by atoms with Gasteiger partial charge in [-0.1, -0.05) is 55.7 Å². The molecule has 0 saturated heterocycles. The van der Waals surface area contributed by atoms with Crippen LogP contribution in [0.3, 0.4) is 0 Å². The molecule has 0 aliphatic heterocycles. The van der Waals surface area contributed by atoms with Crippen molar-refractivity contribution in [2.75, 3.05) is 0 Å². The Hall–Kier alpha value is -2.40. The number of nitrogens with two attached hydrogens (primary N) is 1. The zero-order chi connectivity index (χ0) is 18.1. The average molecular weight is 341 g/mol. The molecule has 134 valence electrons. The summed E-state index contributed by atoms with van der Waals surface area (Å²) in [5, 5.41) is 10.1. The first kappa shape index (κ1) is 18.9. The van der Waals surface area contributed by atoms with E-state index in [4.69, 9.17) is 5.73 Å². The van der Waals surface area contributed by atoms with Crippen molar-refractivity contribution in [2.24, 2.45) is 5.73 Å². The number of rotatable bonds is 9. The zero-order valence-corrected chi connectivity index (χ0v) is 14.7. The normalized spacial score (nSPS) is 13.2. The number of primary amides is 1. The number of hydrogen-bond donors (Lipinski definition) is 2. The minimum atomic E-state index is -0.798. The van der Waals surface area contributed by atoms with Crippen LogP contribution < -0.4 is 5.73 Å². The van der Waals surface area contributed by atoms with E-state index < -0.39 is 6.03 Å². The van der Waals surface area contributed by atoms with Gasteiger partial charge in [-0.25, -0.2) is 9.86 Å². The van der Waals surface area contributed by atoms with Gasteiger partial charge in [-0.15, -0.1) is 0 Å². The van der Waals surface area contributed by atoms with Gasteiger partial charge >= 0.3 is 6.03 Å². The molecule has 2 atom stereocenters. The molecule has 0 radical (unpaired) electrons. The standard InChI is InChI=1S/C20H27N3O2/c1-16(23(25)20(21)24)9-4-2-7-13-19(17-10-5-3-6-11-17)18-12-8-14-22-15-18/h3,5-6,8,10-12,14-16,19,25H,2,4,7,9,13H2,1H3,(H2,21,24). The maximum absolute atomic E-state index is 10.9. The van der Waals surface area contributed by atoms with E-state index in [2.05, 4.69) is 35.3 Å². The number of nitrogens with zero attached hydrogens (tertiary/aromatic N) is 2. The van der Waals surface area contributed by atoms with E-state index >= 15 is 0 Å². The number of amides is 2. The number of benzene rings is 1. The minimum absolute atomic E-state index is 0.249. The first-order valence-corrected chi connectivity index (χ1v) is 8.82. The Morgan fingerprint density at radius 2 is 1.76 bits per heavy atom. The lowest BCUT2D eigenvalue weighted by Crippen LogP contribution is -2.39. The van der Waals surface area contributed by atoms with Crippen LogP contribution in [0.4, 0.5) is 4.79 Å². The fourth-order valence-corrected chi connectivity index (χ4v) is 3.10. The highest BCUT2D eigenvalue weighted by Crippen LogP contribution is 2.29. The lowest BCUT2D eigenvalue weighted by Gasteiger charge is -2.21. The molecule has 0 saturated carbocycles. The maximum atomic E-state index is 10.9. The van der Waals surface area contributed by atoms with Crippen molar-refractivity contribution in [3.05, 3.63) is 66.0 Å². The Kier molecular flexibility index (Phi) is 7.41. The predicted octanol–water partition coefficient (Wildman–Crippen LogP) is 4.32. The largest absolute Gasteiger partial charge is 0.350 e. The SMILES string of the molecule is CC(CCCCCC(c1ccccc1)c1cccnc1)N(O)C(N)=O. The number of pyridine rings is 1. The number of unbranched alkanes of at least 4 members (excludes halogenated alkanes) is 2. The van der Waals surface area contributed by atoms with Gasteiger partial charge in [0.05, 0.1) is 6.04 Å². The molecule has 0 spiro atoms. The summed E-state index contributed by atoms with van der Waals surface area (Å²) in [6.45, 7) is 1.80. The third-order valence-electron chi connectivity index (χ3n) is 4.55. The van der Waals surface area contributed by atoms with Gasteiger partial charge in [0.15, 0.2) is 0 Å². The maximum Gasteiger partial charge on any atom is 0.338 e. The molecule has 1 heterocycles. The molecule has 5 nitrogen and oxygen atoms in total. The van der Waals surface area contributed by atoms with Crippen LogP contribution in [-0.2, 0) is 0 Å².